The van der Waals surface area contributed by atoms with Gasteiger partial charge < -0.3 is 101 Å². The zero-order valence-corrected chi connectivity index (χ0v) is 36.2. The minimum Gasteiger partial charge on any atom is -0.477 e. The van der Waals surface area contributed by atoms with E-state index in [1.54, 1.807) is 0 Å². The number of unbranched alkanes of at least 4 members (excludes halogenated alkanes) is 1. The van der Waals surface area contributed by atoms with Crippen molar-refractivity contribution in [1.29, 1.82) is 0 Å². The first-order valence-electron chi connectivity index (χ1n) is 19.8. The predicted molar refractivity (Wildman–Crippen MR) is 214 cm³/mol. The summed E-state index contributed by atoms with van der Waals surface area (Å²) in [5.41, 5.74) is 5.62. The monoisotopic (exact) mass is 959 g/mol. The van der Waals surface area contributed by atoms with Crippen LogP contribution in [0, 0.1) is 0 Å². The van der Waals surface area contributed by atoms with Gasteiger partial charge >= 0.3 is 26.0 Å². The average molecular weight is 960 g/mol. The number of aliphatic imine (C=N–C) groups is 1. The highest BCUT2D eigenvalue weighted by Crippen LogP contribution is 2.51. The van der Waals surface area contributed by atoms with Crippen LogP contribution >= 0.6 is 7.82 Å². The number of nitrogens with two attached hydrogens (primary N) is 1. The molecule has 0 bridgehead atoms. The normalized spacial score (nSPS) is 27.6. The standard InChI is InChI=1S/C35H58N7O22P/c1-18-39-23(36)7-9-42(18)31-28(49)27(48)22(62-31)17-61-65(55,56)64-35(32(51)52)14-20(44)25(29(63-35)26(47)21(45)16-43)41-24(46)15-38-30(50)19(40-34(54)60-13-11-58-3)6-4-5-8-37-33(53)59-12-10-57-2/h7,9,19-22,25-29,31,43-45,47-49H,1,4-6,8,10-17H2,2-3H3,(H2,36,39)(H,37,53)(H,38,50)(H,40,54)(H,41,46)(H,51,52)(H,55,56)/t19-,20?,21+,22?,25?,26+,27+,28+,29?,31?,35?/m0/s1. The minimum atomic E-state index is -5.66. The summed E-state index contributed by atoms with van der Waals surface area (Å²) in [6.07, 6.45) is -15.0. The number of aliphatic hydroxyl groups is 6. The van der Waals surface area contributed by atoms with Crippen LogP contribution in [0.25, 0.3) is 0 Å². The van der Waals surface area contributed by atoms with E-state index in [0.29, 0.717) is 6.42 Å². The van der Waals surface area contributed by atoms with Gasteiger partial charge in [0.2, 0.25) is 11.8 Å². The second-order valence-electron chi connectivity index (χ2n) is 14.4. The maximum atomic E-state index is 13.2. The summed E-state index contributed by atoms with van der Waals surface area (Å²) in [6, 6.07) is -3.17. The number of amides is 4. The molecule has 0 aromatic rings. The maximum Gasteiger partial charge on any atom is 0.475 e. The van der Waals surface area contributed by atoms with Crippen molar-refractivity contribution in [3.63, 3.8) is 0 Å². The van der Waals surface area contributed by atoms with Crippen LogP contribution in [-0.4, -0.2) is 215 Å². The highest BCUT2D eigenvalue weighted by atomic mass is 31.2. The number of carboxylic acid groups (broad SMARTS) is 1. The number of nitrogens with zero attached hydrogens (tertiary/aromatic N) is 2. The number of hydrogen-bond acceptors (Lipinski definition) is 23. The largest absolute Gasteiger partial charge is 0.477 e. The van der Waals surface area contributed by atoms with E-state index < -0.39 is 131 Å². The van der Waals surface area contributed by atoms with E-state index >= 15 is 0 Å². The summed E-state index contributed by atoms with van der Waals surface area (Å²) in [7, 11) is -2.86. The van der Waals surface area contributed by atoms with Crippen LogP contribution in [-0.2, 0) is 56.4 Å². The van der Waals surface area contributed by atoms with Gasteiger partial charge in [-0.15, -0.1) is 0 Å². The number of nitrogens with one attached hydrogen (secondary N) is 4. The Kier molecular flexibility index (Phi) is 21.8. The van der Waals surface area contributed by atoms with Gasteiger partial charge in [0.05, 0.1) is 45.1 Å². The van der Waals surface area contributed by atoms with Crippen molar-refractivity contribution in [2.45, 2.75) is 92.5 Å². The molecule has 7 unspecified atom stereocenters. The second kappa shape index (κ2) is 25.9. The summed E-state index contributed by atoms with van der Waals surface area (Å²) < 4.78 is 53.5. The third-order valence-corrected chi connectivity index (χ3v) is 10.6. The van der Waals surface area contributed by atoms with E-state index in [1.165, 1.54) is 31.4 Å². The fourth-order valence-corrected chi connectivity index (χ4v) is 7.27. The van der Waals surface area contributed by atoms with Gasteiger partial charge in [-0.2, -0.15) is 0 Å². The van der Waals surface area contributed by atoms with Crippen LogP contribution in [0.1, 0.15) is 25.7 Å². The zero-order chi connectivity index (χ0) is 48.5. The summed E-state index contributed by atoms with van der Waals surface area (Å²) >= 11 is 0. The summed E-state index contributed by atoms with van der Waals surface area (Å²) in [5, 5.41) is 82.7. The molecule has 2 saturated heterocycles. The molecule has 3 aliphatic heterocycles. The maximum absolute atomic E-state index is 13.2. The molecular formula is C35H58N7O22P. The predicted octanol–water partition coefficient (Wildman–Crippen LogP) is -5.25. The molecule has 14 N–H and O–H groups in total. The Bertz CT molecular complexity index is 1750. The second-order valence-corrected chi connectivity index (χ2v) is 15.8. The van der Waals surface area contributed by atoms with E-state index in [1.807, 2.05) is 0 Å². The van der Waals surface area contributed by atoms with Gasteiger partial charge in [0.15, 0.2) is 6.23 Å². The van der Waals surface area contributed by atoms with Crippen LogP contribution in [0.5, 0.6) is 0 Å². The lowest BCUT2D eigenvalue weighted by molar-refractivity contribution is -0.289. The molecule has 30 heteroatoms. The molecule has 0 radical (unpaired) electrons. The summed E-state index contributed by atoms with van der Waals surface area (Å²) in [6.45, 7) is 0.804. The number of carbonyl (C=O) groups excluding carboxylic acids is 4. The van der Waals surface area contributed by atoms with Gasteiger partial charge in [-0.25, -0.2) is 28.5 Å². The van der Waals surface area contributed by atoms with Crippen molar-refractivity contribution in [3.05, 3.63) is 24.7 Å². The average Bonchev–Trinajstić information content (AvgIpc) is 3.53. The van der Waals surface area contributed by atoms with Crippen LogP contribution in [0.15, 0.2) is 29.7 Å². The number of ether oxygens (including phenoxy) is 6. The van der Waals surface area contributed by atoms with Crippen LogP contribution < -0.4 is 27.0 Å². The van der Waals surface area contributed by atoms with E-state index in [2.05, 4.69) is 32.8 Å². The van der Waals surface area contributed by atoms with Gasteiger partial charge in [0.1, 0.15) is 67.5 Å². The summed E-state index contributed by atoms with van der Waals surface area (Å²) in [5.74, 6) is -7.50. The molecule has 2 fully saturated rings. The lowest BCUT2D eigenvalue weighted by Gasteiger charge is -2.46. The van der Waals surface area contributed by atoms with Crippen molar-refractivity contribution >= 4 is 43.6 Å². The highest BCUT2D eigenvalue weighted by molar-refractivity contribution is 7.47. The van der Waals surface area contributed by atoms with Crippen molar-refractivity contribution in [2.75, 3.05) is 67.0 Å². The van der Waals surface area contributed by atoms with E-state index in [-0.39, 0.29) is 57.5 Å². The van der Waals surface area contributed by atoms with E-state index in [4.69, 9.17) is 43.2 Å². The molecular weight excluding hydrogens is 901 g/mol. The number of alkyl carbamates (subject to hydrolysis) is 2. The zero-order valence-electron chi connectivity index (χ0n) is 35.3. The quantitative estimate of drug-likeness (QED) is 0.0285. The van der Waals surface area contributed by atoms with Crippen molar-refractivity contribution < 1.29 is 107 Å². The van der Waals surface area contributed by atoms with Gasteiger partial charge in [-0.3, -0.25) is 14.1 Å². The SMILES string of the molecule is C=C1N=C(N)C=CN1C1OC(COP(=O)(O)OC2(C(=O)O)CC(O)C(NC(=O)CNC(=O)[C@H](CCCCNC(=O)OCCOC)NC(=O)OCCOC)C([C@H](O)[C@H](O)CO)O2)[C@@H](O)[C@H]1O. The van der Waals surface area contributed by atoms with Crippen LogP contribution in [0.4, 0.5) is 9.59 Å². The molecule has 4 amide bonds. The number of methoxy groups -OCH3 is 2. The Labute approximate surface area is 371 Å². The van der Waals surface area contributed by atoms with E-state index in [0.717, 1.165) is 0 Å². The number of phosphoric acid groups is 1. The fourth-order valence-electron chi connectivity index (χ4n) is 6.31. The fraction of sp³-hybridized carbons (Fsp3) is 0.714. The van der Waals surface area contributed by atoms with Crippen molar-refractivity contribution in [3.8, 4) is 0 Å². The number of carbonyl (C=O) groups is 5. The first-order chi connectivity index (χ1) is 30.7. The number of hydrogen-bond donors (Lipinski definition) is 13. The van der Waals surface area contributed by atoms with Gasteiger partial charge in [0, 0.05) is 33.4 Å². The highest BCUT2D eigenvalue weighted by Gasteiger charge is 2.59. The lowest BCUT2D eigenvalue weighted by Crippen LogP contribution is -2.68. The van der Waals surface area contributed by atoms with E-state index in [9.17, 15) is 69.2 Å². The van der Waals surface area contributed by atoms with Crippen LogP contribution in [0.3, 0.4) is 0 Å². The molecule has 0 aromatic heterocycles. The Morgan fingerprint density at radius 1 is 1.03 bits per heavy atom. The number of phosphoric ester groups is 1. The lowest BCUT2D eigenvalue weighted by atomic mass is 9.88. The number of aliphatic carboxylic acids is 1. The Balaban J connectivity index is 1.68. The first kappa shape index (κ1) is 54.7. The molecule has 3 heterocycles. The molecule has 3 rings (SSSR count). The third kappa shape index (κ3) is 16.4. The van der Waals surface area contributed by atoms with Crippen molar-refractivity contribution in [2.24, 2.45) is 10.7 Å². The molecule has 12 atom stereocenters. The molecule has 0 spiro atoms. The van der Waals surface area contributed by atoms with Crippen molar-refractivity contribution in [1.82, 2.24) is 26.2 Å². The Morgan fingerprint density at radius 2 is 1.69 bits per heavy atom. The molecule has 0 saturated carbocycles. The van der Waals surface area contributed by atoms with Crippen LogP contribution in [0.2, 0.25) is 0 Å². The number of amidine groups is 1. The molecule has 0 aromatic carbocycles. The Hall–Kier alpha value is -4.59. The molecule has 3 aliphatic rings. The topological polar surface area (TPSA) is 428 Å². The Morgan fingerprint density at radius 3 is 2.31 bits per heavy atom. The summed E-state index contributed by atoms with van der Waals surface area (Å²) in [4.78, 5) is 79.0. The first-order valence-corrected chi connectivity index (χ1v) is 21.3. The van der Waals surface area contributed by atoms with Gasteiger partial charge in [0.25, 0.3) is 5.79 Å². The smallest absolute Gasteiger partial charge is 0.475 e. The third-order valence-electron chi connectivity index (χ3n) is 9.64. The molecule has 370 valence electrons. The number of aliphatic hydroxyl groups excluding tert-OH is 6. The minimum absolute atomic E-state index is 0.00467. The van der Waals surface area contributed by atoms with Gasteiger partial charge in [-0.05, 0) is 25.3 Å². The molecule has 0 aliphatic carbocycles. The molecule has 65 heavy (non-hydrogen) atoms. The number of carboxylic acids is 1. The molecule has 29 nitrogen and oxygen atoms in total. The number of rotatable bonds is 26. The van der Waals surface area contributed by atoms with Gasteiger partial charge in [-0.1, -0.05) is 6.58 Å².